The van der Waals surface area contributed by atoms with E-state index in [1.54, 1.807) is 0 Å². The number of rotatable bonds is 1. The molecule has 4 nitrogen and oxygen atoms in total. The number of nitrogens with zero attached hydrogens (tertiary/aromatic N) is 1. The summed E-state index contributed by atoms with van der Waals surface area (Å²) in [5, 5.41) is 11.4. The van der Waals surface area contributed by atoms with E-state index in [4.69, 9.17) is 10.6 Å². The number of hydrogen-bond acceptors (Lipinski definition) is 4. The lowest BCUT2D eigenvalue weighted by atomic mass is 10.6. The van der Waals surface area contributed by atoms with Gasteiger partial charge in [-0.3, -0.25) is 0 Å². The van der Waals surface area contributed by atoms with Gasteiger partial charge in [0.25, 0.3) is 5.95 Å². The zero-order chi connectivity index (χ0) is 5.98. The third-order valence-corrected chi connectivity index (χ3v) is 0.688. The fourth-order valence-corrected chi connectivity index (χ4v) is 0.378. The molecule has 42 valence electrons. The summed E-state index contributed by atoms with van der Waals surface area (Å²) < 4.78 is 4.43. The molecular formula is C4H4N2O2. The van der Waals surface area contributed by atoms with Crippen molar-refractivity contribution in [3.63, 3.8) is 0 Å². The Morgan fingerprint density at radius 1 is 1.62 bits per heavy atom. The summed E-state index contributed by atoms with van der Waals surface area (Å²) in [5.41, 5.74) is 6.38. The third kappa shape index (κ3) is 0.676. The van der Waals surface area contributed by atoms with Crippen molar-refractivity contribution < 1.29 is 9.52 Å². The highest BCUT2D eigenvalue weighted by molar-refractivity contribution is 5.25. The van der Waals surface area contributed by atoms with E-state index < -0.39 is 0 Å². The molecule has 0 bridgehead atoms. The van der Waals surface area contributed by atoms with Crippen LogP contribution in [0.5, 0.6) is 5.95 Å². The third-order valence-electron chi connectivity index (χ3n) is 0.688. The fraction of sp³-hybridized carbons (Fsp3) is 0. The van der Waals surface area contributed by atoms with Gasteiger partial charge >= 0.3 is 0 Å². The minimum Gasteiger partial charge on any atom is -0.481 e. The van der Waals surface area contributed by atoms with E-state index >= 15 is 0 Å². The van der Waals surface area contributed by atoms with E-state index in [1.165, 1.54) is 12.1 Å². The molecule has 0 spiro atoms. The second-order valence-electron chi connectivity index (χ2n) is 1.22. The van der Waals surface area contributed by atoms with Gasteiger partial charge in [-0.1, -0.05) is 0 Å². The Hall–Kier alpha value is -1.32. The van der Waals surface area contributed by atoms with Gasteiger partial charge in [-0.25, -0.2) is 5.53 Å². The largest absolute Gasteiger partial charge is 0.481 e. The quantitative estimate of drug-likeness (QED) is 0.542. The first-order valence-electron chi connectivity index (χ1n) is 1.99. The van der Waals surface area contributed by atoms with Crippen LogP contribution in [0.15, 0.2) is 21.7 Å². The molecule has 0 fully saturated rings. The van der Waals surface area contributed by atoms with Crippen LogP contribution in [0, 0.1) is 5.53 Å². The average molecular weight is 112 g/mol. The van der Waals surface area contributed by atoms with Gasteiger partial charge in [-0.2, -0.15) is 0 Å². The molecule has 4 heteroatoms. The van der Waals surface area contributed by atoms with Crippen molar-refractivity contribution in [3.05, 3.63) is 12.1 Å². The monoisotopic (exact) mass is 112 g/mol. The SMILES string of the molecule is N=Nc1ccc(O)o1. The molecule has 1 heterocycles. The molecule has 1 aromatic rings. The molecule has 0 saturated carbocycles. The Kier molecular flexibility index (Phi) is 0.997. The number of hydrogen-bond donors (Lipinski definition) is 2. The maximum absolute atomic E-state index is 8.47. The maximum Gasteiger partial charge on any atom is 0.283 e. The van der Waals surface area contributed by atoms with Gasteiger partial charge in [0.1, 0.15) is 0 Å². The summed E-state index contributed by atoms with van der Waals surface area (Å²) >= 11 is 0. The summed E-state index contributed by atoms with van der Waals surface area (Å²) in [7, 11) is 0. The van der Waals surface area contributed by atoms with E-state index in [2.05, 4.69) is 9.53 Å². The van der Waals surface area contributed by atoms with Crippen molar-refractivity contribution in [2.45, 2.75) is 0 Å². The molecule has 0 aliphatic rings. The Morgan fingerprint density at radius 3 is 2.62 bits per heavy atom. The van der Waals surface area contributed by atoms with Gasteiger partial charge in [0.05, 0.1) is 0 Å². The van der Waals surface area contributed by atoms with Gasteiger partial charge in [0, 0.05) is 12.1 Å². The van der Waals surface area contributed by atoms with Crippen LogP contribution in [0.3, 0.4) is 0 Å². The second kappa shape index (κ2) is 1.65. The maximum atomic E-state index is 8.47. The number of aromatic hydroxyl groups is 1. The predicted molar refractivity (Wildman–Crippen MR) is 25.2 cm³/mol. The predicted octanol–water partition coefficient (Wildman–Crippen LogP) is 1.65. The smallest absolute Gasteiger partial charge is 0.283 e. The van der Waals surface area contributed by atoms with Gasteiger partial charge in [0.2, 0.25) is 5.88 Å². The molecular weight excluding hydrogens is 108 g/mol. The first kappa shape index (κ1) is 4.83. The zero-order valence-electron chi connectivity index (χ0n) is 3.96. The van der Waals surface area contributed by atoms with E-state index in [0.717, 1.165) is 0 Å². The Labute approximate surface area is 45.3 Å². The highest BCUT2D eigenvalue weighted by Crippen LogP contribution is 2.19. The highest BCUT2D eigenvalue weighted by Gasteiger charge is 1.93. The Bertz CT molecular complexity index is 194. The fourth-order valence-electron chi connectivity index (χ4n) is 0.378. The summed E-state index contributed by atoms with van der Waals surface area (Å²) in [4.78, 5) is 0. The molecule has 0 saturated heterocycles. The molecule has 2 N–H and O–H groups in total. The van der Waals surface area contributed by atoms with Crippen LogP contribution in [-0.4, -0.2) is 5.11 Å². The van der Waals surface area contributed by atoms with Crippen molar-refractivity contribution in [2.75, 3.05) is 0 Å². The molecule has 0 radical (unpaired) electrons. The summed E-state index contributed by atoms with van der Waals surface area (Å²) in [6.07, 6.45) is 0. The summed E-state index contributed by atoms with van der Waals surface area (Å²) in [5.74, 6) is -0.0986. The highest BCUT2D eigenvalue weighted by atomic mass is 16.5. The van der Waals surface area contributed by atoms with E-state index in [1.807, 2.05) is 0 Å². The van der Waals surface area contributed by atoms with Crippen LogP contribution < -0.4 is 0 Å². The van der Waals surface area contributed by atoms with Crippen LogP contribution >= 0.6 is 0 Å². The van der Waals surface area contributed by atoms with Crippen LogP contribution in [0.25, 0.3) is 0 Å². The first-order chi connectivity index (χ1) is 3.83. The summed E-state index contributed by atoms with van der Waals surface area (Å²) in [6, 6.07) is 2.73. The lowest BCUT2D eigenvalue weighted by Crippen LogP contribution is -1.43. The topological polar surface area (TPSA) is 69.6 Å². The molecule has 8 heavy (non-hydrogen) atoms. The number of nitrogens with one attached hydrogen (secondary N) is 1. The normalized spacial score (nSPS) is 9.00. The van der Waals surface area contributed by atoms with Gasteiger partial charge in [-0.15, -0.1) is 5.11 Å². The molecule has 1 rings (SSSR count). The van der Waals surface area contributed by atoms with Crippen molar-refractivity contribution in [3.8, 4) is 5.95 Å². The standard InChI is InChI=1S/C4H4N2O2/c5-6-3-1-2-4(7)8-3/h1-2,5,7H. The molecule has 0 unspecified atom stereocenters. The minimum atomic E-state index is -0.212. The molecule has 0 aliphatic carbocycles. The van der Waals surface area contributed by atoms with E-state index in [9.17, 15) is 0 Å². The van der Waals surface area contributed by atoms with Gasteiger partial charge < -0.3 is 9.52 Å². The molecule has 0 atom stereocenters. The van der Waals surface area contributed by atoms with Gasteiger partial charge in [-0.05, 0) is 0 Å². The van der Waals surface area contributed by atoms with Crippen LogP contribution in [-0.2, 0) is 0 Å². The van der Waals surface area contributed by atoms with Crippen molar-refractivity contribution in [1.82, 2.24) is 0 Å². The molecule has 0 aromatic carbocycles. The van der Waals surface area contributed by atoms with E-state index in [0.29, 0.717) is 0 Å². The summed E-state index contributed by atoms with van der Waals surface area (Å²) in [6.45, 7) is 0. The zero-order valence-corrected chi connectivity index (χ0v) is 3.96. The van der Waals surface area contributed by atoms with Gasteiger partial charge in [0.15, 0.2) is 0 Å². The molecule has 1 aromatic heterocycles. The second-order valence-corrected chi connectivity index (χ2v) is 1.22. The first-order valence-corrected chi connectivity index (χ1v) is 1.99. The Morgan fingerprint density at radius 2 is 2.38 bits per heavy atom. The number of furan rings is 1. The minimum absolute atomic E-state index is 0.113. The van der Waals surface area contributed by atoms with Crippen LogP contribution in [0.4, 0.5) is 5.88 Å². The average Bonchev–Trinajstić information content (AvgIpc) is 2.14. The van der Waals surface area contributed by atoms with Crippen LogP contribution in [0.2, 0.25) is 0 Å². The van der Waals surface area contributed by atoms with Crippen molar-refractivity contribution in [1.29, 1.82) is 5.53 Å². The van der Waals surface area contributed by atoms with Crippen LogP contribution in [0.1, 0.15) is 0 Å². The Balaban J connectivity index is 3.00. The van der Waals surface area contributed by atoms with Crippen molar-refractivity contribution >= 4 is 5.88 Å². The lowest BCUT2D eigenvalue weighted by molar-refractivity contribution is 0.336. The molecule has 0 aliphatic heterocycles. The van der Waals surface area contributed by atoms with Crippen molar-refractivity contribution in [2.24, 2.45) is 5.11 Å². The molecule has 0 amide bonds. The van der Waals surface area contributed by atoms with E-state index in [-0.39, 0.29) is 11.8 Å². The lowest BCUT2D eigenvalue weighted by Gasteiger charge is -1.75.